The number of methoxy groups -OCH3 is 1. The van der Waals surface area contributed by atoms with Crippen LogP contribution in [0.15, 0.2) is 42.5 Å². The second-order valence-electron chi connectivity index (χ2n) is 4.01. The molecule has 0 spiro atoms. The Hall–Kier alpha value is -2.63. The predicted octanol–water partition coefficient (Wildman–Crippen LogP) is 3.01. The molecule has 2 aromatic rings. The Morgan fingerprint density at radius 1 is 1.25 bits per heavy atom. The Bertz CT molecular complexity index is 587. The smallest absolute Gasteiger partial charge is 0.411 e. The van der Waals surface area contributed by atoms with Crippen molar-refractivity contribution in [1.82, 2.24) is 4.98 Å². The van der Waals surface area contributed by atoms with Gasteiger partial charge < -0.3 is 10.1 Å². The lowest BCUT2D eigenvalue weighted by atomic mass is 10.2. The third-order valence-corrected chi connectivity index (χ3v) is 2.57. The van der Waals surface area contributed by atoms with Gasteiger partial charge in [0.15, 0.2) is 0 Å². The molecular formula is C14H14FN3O2. The van der Waals surface area contributed by atoms with E-state index in [-0.39, 0.29) is 0 Å². The zero-order valence-corrected chi connectivity index (χ0v) is 10.9. The Morgan fingerprint density at radius 3 is 2.65 bits per heavy atom. The van der Waals surface area contributed by atoms with Crippen molar-refractivity contribution < 1.29 is 13.9 Å². The summed E-state index contributed by atoms with van der Waals surface area (Å²) in [6.45, 7) is 0.509. The summed E-state index contributed by atoms with van der Waals surface area (Å²) in [4.78, 5) is 14.7. The van der Waals surface area contributed by atoms with Crippen molar-refractivity contribution in [1.29, 1.82) is 0 Å². The summed E-state index contributed by atoms with van der Waals surface area (Å²) in [6, 6.07) is 11.8. The molecule has 1 heterocycles. The summed E-state index contributed by atoms with van der Waals surface area (Å²) < 4.78 is 17.4. The van der Waals surface area contributed by atoms with E-state index in [1.165, 1.54) is 13.2 Å². The largest absolute Gasteiger partial charge is 0.453 e. The number of nitrogens with zero attached hydrogens (tertiary/aromatic N) is 1. The molecule has 1 amide bonds. The highest BCUT2D eigenvalue weighted by atomic mass is 19.1. The number of carbonyl (C=O) groups excluding carboxylic acids is 1. The van der Waals surface area contributed by atoms with Crippen LogP contribution in [0.1, 0.15) is 5.56 Å². The van der Waals surface area contributed by atoms with Crippen LogP contribution in [0, 0.1) is 5.95 Å². The summed E-state index contributed by atoms with van der Waals surface area (Å²) in [5.41, 5.74) is 1.62. The molecule has 0 fully saturated rings. The van der Waals surface area contributed by atoms with Crippen molar-refractivity contribution in [3.05, 3.63) is 54.0 Å². The number of aromatic nitrogens is 1. The van der Waals surface area contributed by atoms with Crippen molar-refractivity contribution in [3.8, 4) is 0 Å². The molecule has 0 radical (unpaired) electrons. The van der Waals surface area contributed by atoms with E-state index < -0.39 is 12.0 Å². The van der Waals surface area contributed by atoms with Gasteiger partial charge >= 0.3 is 6.09 Å². The second kappa shape index (κ2) is 6.51. The molecule has 20 heavy (non-hydrogen) atoms. The first-order valence-electron chi connectivity index (χ1n) is 5.98. The van der Waals surface area contributed by atoms with E-state index in [4.69, 9.17) is 0 Å². The highest BCUT2D eigenvalue weighted by Crippen LogP contribution is 2.11. The number of benzene rings is 1. The van der Waals surface area contributed by atoms with Crippen molar-refractivity contribution in [2.75, 3.05) is 17.7 Å². The first-order valence-corrected chi connectivity index (χ1v) is 5.98. The third kappa shape index (κ3) is 3.94. The molecule has 104 valence electrons. The monoisotopic (exact) mass is 275 g/mol. The van der Waals surface area contributed by atoms with Gasteiger partial charge in [0.05, 0.1) is 7.11 Å². The van der Waals surface area contributed by atoms with Crippen LogP contribution >= 0.6 is 0 Å². The van der Waals surface area contributed by atoms with Crippen LogP contribution in [0.5, 0.6) is 0 Å². The van der Waals surface area contributed by atoms with Gasteiger partial charge in [-0.1, -0.05) is 18.2 Å². The average molecular weight is 275 g/mol. The molecule has 5 nitrogen and oxygen atoms in total. The number of hydrogen-bond acceptors (Lipinski definition) is 4. The number of amides is 1. The van der Waals surface area contributed by atoms with Crippen LogP contribution in [-0.4, -0.2) is 18.2 Å². The highest BCUT2D eigenvalue weighted by Gasteiger charge is 2.01. The maximum atomic E-state index is 12.9. The van der Waals surface area contributed by atoms with Gasteiger partial charge in [-0.3, -0.25) is 5.32 Å². The third-order valence-electron chi connectivity index (χ3n) is 2.57. The van der Waals surface area contributed by atoms with E-state index in [1.807, 2.05) is 12.1 Å². The average Bonchev–Trinajstić information content (AvgIpc) is 2.46. The number of ether oxygens (including phenoxy) is 1. The quantitative estimate of drug-likeness (QED) is 0.842. The number of hydrogen-bond donors (Lipinski definition) is 2. The standard InChI is InChI=1S/C14H14FN3O2/c1-20-14(19)17-11-7-5-10(6-8-11)9-16-13-4-2-3-12(15)18-13/h2-8H,9H2,1H3,(H,16,18)(H,17,19). The molecule has 2 N–H and O–H groups in total. The van der Waals surface area contributed by atoms with Gasteiger partial charge in [0.25, 0.3) is 0 Å². The van der Waals surface area contributed by atoms with Gasteiger partial charge in [-0.15, -0.1) is 0 Å². The molecule has 1 aromatic carbocycles. The molecule has 6 heteroatoms. The maximum absolute atomic E-state index is 12.9. The van der Waals surface area contributed by atoms with Crippen LogP contribution in [-0.2, 0) is 11.3 Å². The number of nitrogens with one attached hydrogen (secondary N) is 2. The molecule has 0 unspecified atom stereocenters. The van der Waals surface area contributed by atoms with Crippen LogP contribution in [0.25, 0.3) is 0 Å². The molecule has 0 saturated heterocycles. The molecule has 0 aliphatic carbocycles. The maximum Gasteiger partial charge on any atom is 0.411 e. The lowest BCUT2D eigenvalue weighted by Gasteiger charge is -2.07. The van der Waals surface area contributed by atoms with Gasteiger partial charge in [0, 0.05) is 12.2 Å². The topological polar surface area (TPSA) is 63.2 Å². The lowest BCUT2D eigenvalue weighted by molar-refractivity contribution is 0.187. The predicted molar refractivity (Wildman–Crippen MR) is 74.0 cm³/mol. The van der Waals surface area contributed by atoms with Crippen molar-refractivity contribution in [3.63, 3.8) is 0 Å². The Kier molecular flexibility index (Phi) is 4.49. The van der Waals surface area contributed by atoms with Gasteiger partial charge in [-0.25, -0.2) is 9.78 Å². The van der Waals surface area contributed by atoms with Gasteiger partial charge in [0.2, 0.25) is 5.95 Å². The van der Waals surface area contributed by atoms with Crippen molar-refractivity contribution in [2.24, 2.45) is 0 Å². The highest BCUT2D eigenvalue weighted by molar-refractivity contribution is 5.84. The van der Waals surface area contributed by atoms with Gasteiger partial charge in [0.1, 0.15) is 5.82 Å². The zero-order valence-electron chi connectivity index (χ0n) is 10.9. The summed E-state index contributed by atoms with van der Waals surface area (Å²) in [6.07, 6.45) is -0.514. The minimum atomic E-state index is -0.521. The molecule has 0 bridgehead atoms. The molecule has 0 aliphatic heterocycles. The molecule has 0 aliphatic rings. The summed E-state index contributed by atoms with van der Waals surface area (Å²) in [5.74, 6) is -0.0469. The van der Waals surface area contributed by atoms with Crippen LogP contribution in [0.4, 0.5) is 20.7 Å². The second-order valence-corrected chi connectivity index (χ2v) is 4.01. The van der Waals surface area contributed by atoms with E-state index in [0.29, 0.717) is 18.1 Å². The molecule has 0 saturated carbocycles. The van der Waals surface area contributed by atoms with E-state index in [2.05, 4.69) is 20.4 Å². The van der Waals surface area contributed by atoms with Crippen LogP contribution in [0.3, 0.4) is 0 Å². The summed E-state index contributed by atoms with van der Waals surface area (Å²) in [7, 11) is 1.31. The number of rotatable bonds is 4. The fourth-order valence-corrected chi connectivity index (χ4v) is 1.57. The minimum absolute atomic E-state index is 0.474. The van der Waals surface area contributed by atoms with E-state index in [9.17, 15) is 9.18 Å². The number of carbonyl (C=O) groups is 1. The van der Waals surface area contributed by atoms with Crippen LogP contribution < -0.4 is 10.6 Å². The number of halogens is 1. The Labute approximate surface area is 115 Å². The Morgan fingerprint density at radius 2 is 2.00 bits per heavy atom. The summed E-state index contributed by atoms with van der Waals surface area (Å²) >= 11 is 0. The van der Waals surface area contributed by atoms with Crippen LogP contribution in [0.2, 0.25) is 0 Å². The first-order chi connectivity index (χ1) is 9.67. The molecule has 2 rings (SSSR count). The van der Waals surface area contributed by atoms with Crippen molar-refractivity contribution in [2.45, 2.75) is 6.54 Å². The van der Waals surface area contributed by atoms with Crippen molar-refractivity contribution >= 4 is 17.6 Å². The fourth-order valence-electron chi connectivity index (χ4n) is 1.57. The molecule has 1 aromatic heterocycles. The van der Waals surface area contributed by atoms with E-state index in [0.717, 1.165) is 5.56 Å². The number of anilines is 2. The van der Waals surface area contributed by atoms with Gasteiger partial charge in [-0.05, 0) is 29.8 Å². The zero-order chi connectivity index (χ0) is 14.4. The lowest BCUT2D eigenvalue weighted by Crippen LogP contribution is -2.10. The first kappa shape index (κ1) is 13.8. The van der Waals surface area contributed by atoms with Gasteiger partial charge in [-0.2, -0.15) is 4.39 Å². The minimum Gasteiger partial charge on any atom is -0.453 e. The van der Waals surface area contributed by atoms with E-state index >= 15 is 0 Å². The molecule has 0 atom stereocenters. The molecular weight excluding hydrogens is 261 g/mol. The fraction of sp³-hybridized carbons (Fsp3) is 0.143. The van der Waals surface area contributed by atoms with E-state index in [1.54, 1.807) is 24.3 Å². The summed E-state index contributed by atoms with van der Waals surface area (Å²) in [5, 5.41) is 5.57. The Balaban J connectivity index is 1.92. The normalized spacial score (nSPS) is 9.90. The SMILES string of the molecule is COC(=O)Nc1ccc(CNc2cccc(F)n2)cc1. The number of pyridine rings is 1.